The molecule has 0 saturated carbocycles. The zero-order valence-electron chi connectivity index (χ0n) is 18.4. The van der Waals surface area contributed by atoms with Gasteiger partial charge in [-0.25, -0.2) is 8.42 Å². The van der Waals surface area contributed by atoms with E-state index in [-0.39, 0.29) is 29.7 Å². The second-order valence-corrected chi connectivity index (χ2v) is 10.6. The van der Waals surface area contributed by atoms with Crippen molar-refractivity contribution in [2.45, 2.75) is 51.2 Å². The normalized spacial score (nSPS) is 17.7. The molecule has 0 radical (unpaired) electrons. The molecule has 1 fully saturated rings. The molecule has 0 amide bonds. The SMILES string of the molecule is Cc1ccc(CS(=O)(=O)N2CCC[C@@H]2Cn2c(C(F)(F)F)cc(=O)c3cc(C)ccc32)cc1. The Hall–Kier alpha value is -2.65. The number of halogens is 3. The second-order valence-electron chi connectivity index (χ2n) is 8.67. The lowest BCUT2D eigenvalue weighted by Crippen LogP contribution is -2.39. The molecule has 5 nitrogen and oxygen atoms in total. The fraction of sp³-hybridized carbons (Fsp3) is 0.375. The van der Waals surface area contributed by atoms with Crippen LogP contribution in [-0.2, 0) is 28.5 Å². The van der Waals surface area contributed by atoms with Gasteiger partial charge in [-0.2, -0.15) is 17.5 Å². The van der Waals surface area contributed by atoms with Crippen molar-refractivity contribution < 1.29 is 21.6 Å². The molecule has 0 aliphatic carbocycles. The van der Waals surface area contributed by atoms with Crippen LogP contribution in [0.15, 0.2) is 53.3 Å². The maximum atomic E-state index is 13.9. The van der Waals surface area contributed by atoms with Gasteiger partial charge in [0, 0.05) is 30.6 Å². The average molecular weight is 479 g/mol. The molecule has 1 atom stereocenters. The summed E-state index contributed by atoms with van der Waals surface area (Å²) in [6.07, 6.45) is -3.73. The molecule has 1 aliphatic heterocycles. The quantitative estimate of drug-likeness (QED) is 0.537. The molecule has 0 unspecified atom stereocenters. The van der Waals surface area contributed by atoms with Gasteiger partial charge in [0.2, 0.25) is 10.0 Å². The largest absolute Gasteiger partial charge is 0.431 e. The number of pyridine rings is 1. The van der Waals surface area contributed by atoms with Crippen molar-refractivity contribution in [1.29, 1.82) is 0 Å². The molecular weight excluding hydrogens is 453 g/mol. The maximum Gasteiger partial charge on any atom is 0.431 e. The number of hydrogen-bond donors (Lipinski definition) is 0. The van der Waals surface area contributed by atoms with Crippen molar-refractivity contribution in [3.8, 4) is 0 Å². The van der Waals surface area contributed by atoms with Gasteiger partial charge in [0.1, 0.15) is 5.69 Å². The zero-order chi connectivity index (χ0) is 24.0. The van der Waals surface area contributed by atoms with E-state index in [4.69, 9.17) is 0 Å². The van der Waals surface area contributed by atoms with E-state index in [1.54, 1.807) is 31.2 Å². The summed E-state index contributed by atoms with van der Waals surface area (Å²) >= 11 is 0. The lowest BCUT2D eigenvalue weighted by molar-refractivity contribution is -0.143. The maximum absolute atomic E-state index is 13.9. The van der Waals surface area contributed by atoms with Gasteiger partial charge in [-0.15, -0.1) is 0 Å². The third-order valence-corrected chi connectivity index (χ3v) is 7.99. The van der Waals surface area contributed by atoms with E-state index in [1.165, 1.54) is 10.4 Å². The first-order chi connectivity index (χ1) is 15.5. The Bertz CT molecular complexity index is 1350. The number of nitrogens with zero attached hydrogens (tertiary/aromatic N) is 2. The van der Waals surface area contributed by atoms with Crippen LogP contribution in [0.2, 0.25) is 0 Å². The first-order valence-corrected chi connectivity index (χ1v) is 12.3. The molecule has 0 spiro atoms. The Labute approximate surface area is 190 Å². The molecule has 176 valence electrons. The molecule has 33 heavy (non-hydrogen) atoms. The van der Waals surface area contributed by atoms with Crippen molar-refractivity contribution in [2.75, 3.05) is 6.54 Å². The third-order valence-electron chi connectivity index (χ3n) is 6.10. The van der Waals surface area contributed by atoms with Gasteiger partial charge in [0.15, 0.2) is 5.43 Å². The monoisotopic (exact) mass is 478 g/mol. The highest BCUT2D eigenvalue weighted by Crippen LogP contribution is 2.33. The van der Waals surface area contributed by atoms with Gasteiger partial charge in [-0.1, -0.05) is 41.5 Å². The van der Waals surface area contributed by atoms with E-state index >= 15 is 0 Å². The smallest absolute Gasteiger partial charge is 0.335 e. The molecule has 9 heteroatoms. The van der Waals surface area contributed by atoms with Crippen LogP contribution in [0.25, 0.3) is 10.9 Å². The van der Waals surface area contributed by atoms with Crippen LogP contribution in [-0.4, -0.2) is 29.9 Å². The summed E-state index contributed by atoms with van der Waals surface area (Å²) in [5.74, 6) is -0.208. The number of aromatic nitrogens is 1. The summed E-state index contributed by atoms with van der Waals surface area (Å²) in [7, 11) is -3.73. The molecule has 0 bridgehead atoms. The minimum Gasteiger partial charge on any atom is -0.335 e. The fourth-order valence-electron chi connectivity index (χ4n) is 4.47. The lowest BCUT2D eigenvalue weighted by Gasteiger charge is -2.27. The Morgan fingerprint density at radius 2 is 1.67 bits per heavy atom. The van der Waals surface area contributed by atoms with Crippen LogP contribution in [0.3, 0.4) is 0 Å². The number of alkyl halides is 3. The fourth-order valence-corrected chi connectivity index (χ4v) is 6.28. The molecule has 1 aromatic heterocycles. The summed E-state index contributed by atoms with van der Waals surface area (Å²) in [5.41, 5.74) is 0.790. The van der Waals surface area contributed by atoms with E-state index in [0.717, 1.165) is 15.7 Å². The first kappa shape index (κ1) is 23.5. The summed E-state index contributed by atoms with van der Waals surface area (Å²) < 4.78 is 70.3. The molecule has 0 N–H and O–H groups in total. The number of rotatable bonds is 5. The number of sulfonamides is 1. The van der Waals surface area contributed by atoms with Crippen LogP contribution >= 0.6 is 0 Å². The second kappa shape index (κ2) is 8.61. The summed E-state index contributed by atoms with van der Waals surface area (Å²) in [6.45, 7) is 3.75. The van der Waals surface area contributed by atoms with E-state index in [9.17, 15) is 26.4 Å². The van der Waals surface area contributed by atoms with Crippen LogP contribution < -0.4 is 5.43 Å². The van der Waals surface area contributed by atoms with Crippen LogP contribution in [0.5, 0.6) is 0 Å². The van der Waals surface area contributed by atoms with Crippen molar-refractivity contribution in [3.05, 3.63) is 81.1 Å². The minimum absolute atomic E-state index is 0.156. The molecular formula is C24H25F3N2O3S. The standard InChI is InChI=1S/C24H25F3N2O3S/c1-16-5-8-18(9-6-16)15-33(31,32)29-11-3-4-19(29)14-28-21-10-7-17(2)12-20(21)22(30)13-23(28)24(25,26)27/h5-10,12-13,19H,3-4,11,14-15H2,1-2H3/t19-/m1/s1. The Balaban J connectivity index is 1.73. The van der Waals surface area contributed by atoms with Gasteiger partial charge in [-0.05, 0) is 44.4 Å². The average Bonchev–Trinajstić information content (AvgIpc) is 3.20. The zero-order valence-corrected chi connectivity index (χ0v) is 19.2. The Kier molecular flexibility index (Phi) is 6.13. The van der Waals surface area contributed by atoms with Crippen molar-refractivity contribution in [2.24, 2.45) is 0 Å². The van der Waals surface area contributed by atoms with Crippen molar-refractivity contribution in [1.82, 2.24) is 8.87 Å². The van der Waals surface area contributed by atoms with Gasteiger partial charge in [-0.3, -0.25) is 4.79 Å². The minimum atomic E-state index is -4.75. The molecule has 1 aliphatic rings. The topological polar surface area (TPSA) is 59.4 Å². The van der Waals surface area contributed by atoms with Crippen LogP contribution in [0.1, 0.15) is 35.2 Å². The van der Waals surface area contributed by atoms with Gasteiger partial charge >= 0.3 is 6.18 Å². The summed E-state index contributed by atoms with van der Waals surface area (Å²) in [5, 5.41) is 0.190. The molecule has 2 heterocycles. The highest BCUT2D eigenvalue weighted by atomic mass is 32.2. The molecule has 4 rings (SSSR count). The van der Waals surface area contributed by atoms with Crippen LogP contribution in [0.4, 0.5) is 13.2 Å². The highest BCUT2D eigenvalue weighted by molar-refractivity contribution is 7.88. The number of hydrogen-bond acceptors (Lipinski definition) is 3. The van der Waals surface area contributed by atoms with Crippen molar-refractivity contribution in [3.63, 3.8) is 0 Å². The third kappa shape index (κ3) is 4.84. The van der Waals surface area contributed by atoms with Crippen molar-refractivity contribution >= 4 is 20.9 Å². The molecule has 2 aromatic carbocycles. The predicted octanol–water partition coefficient (Wildman–Crippen LogP) is 4.63. The summed E-state index contributed by atoms with van der Waals surface area (Å²) in [4.78, 5) is 12.4. The molecule has 1 saturated heterocycles. The van der Waals surface area contributed by atoms with E-state index in [2.05, 4.69) is 0 Å². The van der Waals surface area contributed by atoms with Gasteiger partial charge in [0.25, 0.3) is 0 Å². The number of benzene rings is 2. The van der Waals surface area contributed by atoms with Crippen LogP contribution in [0, 0.1) is 13.8 Å². The van der Waals surface area contributed by atoms with E-state index in [1.807, 2.05) is 19.1 Å². The van der Waals surface area contributed by atoms with Gasteiger partial charge in [0.05, 0.1) is 11.3 Å². The highest BCUT2D eigenvalue weighted by Gasteiger charge is 2.39. The number of fused-ring (bicyclic) bond motifs is 1. The number of aryl methyl sites for hydroxylation is 2. The summed E-state index contributed by atoms with van der Waals surface area (Å²) in [6, 6.07) is 11.9. The predicted molar refractivity (Wildman–Crippen MR) is 121 cm³/mol. The van der Waals surface area contributed by atoms with E-state index in [0.29, 0.717) is 24.5 Å². The Morgan fingerprint density at radius 1 is 1.00 bits per heavy atom. The van der Waals surface area contributed by atoms with E-state index < -0.39 is 33.4 Å². The Morgan fingerprint density at radius 3 is 2.33 bits per heavy atom. The first-order valence-electron chi connectivity index (χ1n) is 10.7. The van der Waals surface area contributed by atoms with Gasteiger partial charge < -0.3 is 4.57 Å². The lowest BCUT2D eigenvalue weighted by atomic mass is 10.1. The molecule has 3 aromatic rings.